The number of hydrogen-bond donors (Lipinski definition) is 3. The Bertz CT molecular complexity index is 457. The van der Waals surface area contributed by atoms with Gasteiger partial charge in [0.25, 0.3) is 0 Å². The minimum Gasteiger partial charge on any atom is -0.468 e. The summed E-state index contributed by atoms with van der Waals surface area (Å²) in [5.41, 5.74) is 0. The lowest BCUT2D eigenvalue weighted by atomic mass is 10.1. The van der Waals surface area contributed by atoms with Crippen LogP contribution in [-0.4, -0.2) is 54.2 Å². The van der Waals surface area contributed by atoms with E-state index in [0.717, 1.165) is 18.8 Å². The highest BCUT2D eigenvalue weighted by molar-refractivity contribution is 5.82. The molecule has 1 aromatic heterocycles. The summed E-state index contributed by atoms with van der Waals surface area (Å²) in [6.45, 7) is 3.12. The van der Waals surface area contributed by atoms with Crippen molar-refractivity contribution >= 4 is 5.91 Å². The highest BCUT2D eigenvalue weighted by atomic mass is 16.3. The lowest BCUT2D eigenvalue weighted by Gasteiger charge is -2.26. The molecule has 3 heterocycles. The first-order valence-electron chi connectivity index (χ1n) is 7.70. The number of furan rings is 1. The highest BCUT2D eigenvalue weighted by Crippen LogP contribution is 2.24. The molecular weight excluding hydrogens is 270 g/mol. The molecule has 1 amide bonds. The van der Waals surface area contributed by atoms with Crippen LogP contribution in [0.2, 0.25) is 0 Å². The average Bonchev–Trinajstić information content (AvgIpc) is 3.21. The quantitative estimate of drug-likeness (QED) is 0.726. The van der Waals surface area contributed by atoms with Crippen molar-refractivity contribution in [3.05, 3.63) is 24.2 Å². The molecule has 6 heteroatoms. The van der Waals surface area contributed by atoms with Crippen LogP contribution in [0.3, 0.4) is 0 Å². The fraction of sp³-hybridized carbons (Fsp3) is 0.667. The number of likely N-dealkylation sites (tertiary alicyclic amines) is 1. The van der Waals surface area contributed by atoms with E-state index in [2.05, 4.69) is 15.5 Å². The first-order valence-corrected chi connectivity index (χ1v) is 7.70. The summed E-state index contributed by atoms with van der Waals surface area (Å²) < 4.78 is 5.53. The van der Waals surface area contributed by atoms with Gasteiger partial charge in [-0.2, -0.15) is 0 Å². The third-order valence-corrected chi connectivity index (χ3v) is 4.35. The van der Waals surface area contributed by atoms with Gasteiger partial charge in [-0.05, 0) is 44.5 Å². The second-order valence-electron chi connectivity index (χ2n) is 5.87. The van der Waals surface area contributed by atoms with E-state index >= 15 is 0 Å². The Morgan fingerprint density at radius 1 is 1.52 bits per heavy atom. The van der Waals surface area contributed by atoms with Crippen molar-refractivity contribution in [1.29, 1.82) is 0 Å². The molecule has 6 nitrogen and oxygen atoms in total. The van der Waals surface area contributed by atoms with Gasteiger partial charge < -0.3 is 20.2 Å². The summed E-state index contributed by atoms with van der Waals surface area (Å²) in [6, 6.07) is 3.66. The van der Waals surface area contributed by atoms with E-state index < -0.39 is 6.10 Å². The molecule has 21 heavy (non-hydrogen) atoms. The first-order chi connectivity index (χ1) is 10.2. The van der Waals surface area contributed by atoms with Gasteiger partial charge in [-0.25, -0.2) is 0 Å². The third-order valence-electron chi connectivity index (χ3n) is 4.35. The molecule has 1 aromatic rings. The molecule has 0 bridgehead atoms. The minimum atomic E-state index is -0.416. The Kier molecular flexibility index (Phi) is 4.57. The zero-order valence-electron chi connectivity index (χ0n) is 12.1. The zero-order chi connectivity index (χ0) is 14.7. The van der Waals surface area contributed by atoms with Gasteiger partial charge in [0.05, 0.1) is 24.5 Å². The Morgan fingerprint density at radius 3 is 2.95 bits per heavy atom. The topological polar surface area (TPSA) is 77.7 Å². The molecule has 3 atom stereocenters. The first kappa shape index (κ1) is 14.6. The van der Waals surface area contributed by atoms with Crippen molar-refractivity contribution in [3.63, 3.8) is 0 Å². The zero-order valence-corrected chi connectivity index (χ0v) is 12.1. The van der Waals surface area contributed by atoms with Crippen LogP contribution in [0.1, 0.15) is 31.1 Å². The van der Waals surface area contributed by atoms with Gasteiger partial charge in [0.1, 0.15) is 5.76 Å². The molecule has 3 rings (SSSR count). The van der Waals surface area contributed by atoms with Crippen LogP contribution < -0.4 is 10.6 Å². The maximum Gasteiger partial charge on any atom is 0.237 e. The summed E-state index contributed by atoms with van der Waals surface area (Å²) in [5.74, 6) is 0.860. The van der Waals surface area contributed by atoms with Crippen LogP contribution in [0.4, 0.5) is 0 Å². The molecule has 3 unspecified atom stereocenters. The number of carbonyl (C=O) groups excluding carboxylic acids is 1. The summed E-state index contributed by atoms with van der Waals surface area (Å²) in [6.07, 6.45) is 4.14. The van der Waals surface area contributed by atoms with Crippen molar-refractivity contribution in [2.75, 3.05) is 26.2 Å². The largest absolute Gasteiger partial charge is 0.468 e. The Hall–Kier alpha value is -1.37. The second-order valence-corrected chi connectivity index (χ2v) is 5.87. The molecule has 3 N–H and O–H groups in total. The van der Waals surface area contributed by atoms with Crippen molar-refractivity contribution in [2.24, 2.45) is 0 Å². The van der Waals surface area contributed by atoms with Gasteiger partial charge in [0.2, 0.25) is 5.91 Å². The van der Waals surface area contributed by atoms with Crippen LogP contribution in [0.5, 0.6) is 0 Å². The fourth-order valence-electron chi connectivity index (χ4n) is 3.18. The van der Waals surface area contributed by atoms with Crippen LogP contribution in [0.25, 0.3) is 0 Å². The van der Waals surface area contributed by atoms with Gasteiger partial charge in [0.15, 0.2) is 0 Å². The predicted octanol–water partition coefficient (Wildman–Crippen LogP) is 0.255. The molecule has 0 spiro atoms. The van der Waals surface area contributed by atoms with E-state index in [9.17, 15) is 9.90 Å². The lowest BCUT2D eigenvalue weighted by molar-refractivity contribution is -0.123. The van der Waals surface area contributed by atoms with E-state index in [1.54, 1.807) is 6.26 Å². The average molecular weight is 293 g/mol. The number of aliphatic hydroxyl groups excluding tert-OH is 1. The highest BCUT2D eigenvalue weighted by Gasteiger charge is 2.30. The third kappa shape index (κ3) is 3.45. The van der Waals surface area contributed by atoms with E-state index in [-0.39, 0.29) is 18.0 Å². The van der Waals surface area contributed by atoms with E-state index in [0.29, 0.717) is 19.5 Å². The molecule has 0 aromatic carbocycles. The van der Waals surface area contributed by atoms with Crippen molar-refractivity contribution in [2.45, 2.75) is 37.5 Å². The smallest absolute Gasteiger partial charge is 0.237 e. The number of hydrogen-bond acceptors (Lipinski definition) is 5. The number of aliphatic hydroxyl groups is 1. The molecule has 0 radical (unpaired) electrons. The number of amides is 1. The van der Waals surface area contributed by atoms with Crippen molar-refractivity contribution < 1.29 is 14.3 Å². The van der Waals surface area contributed by atoms with Gasteiger partial charge in [-0.1, -0.05) is 0 Å². The SMILES string of the molecule is O=C(NCC(c1ccco1)N1CCCC1)C1CC(O)CN1. The molecule has 2 aliphatic heterocycles. The maximum atomic E-state index is 12.1. The maximum absolute atomic E-state index is 12.1. The molecule has 2 aliphatic rings. The van der Waals surface area contributed by atoms with Crippen LogP contribution >= 0.6 is 0 Å². The van der Waals surface area contributed by atoms with Crippen LogP contribution in [0.15, 0.2) is 22.8 Å². The van der Waals surface area contributed by atoms with Crippen LogP contribution in [-0.2, 0) is 4.79 Å². The van der Waals surface area contributed by atoms with E-state index in [1.807, 2.05) is 12.1 Å². The number of nitrogens with one attached hydrogen (secondary N) is 2. The predicted molar refractivity (Wildman–Crippen MR) is 77.7 cm³/mol. The lowest BCUT2D eigenvalue weighted by Crippen LogP contribution is -2.44. The summed E-state index contributed by atoms with van der Waals surface area (Å²) >= 11 is 0. The molecule has 2 saturated heterocycles. The fourth-order valence-corrected chi connectivity index (χ4v) is 3.18. The normalized spacial score (nSPS) is 27.9. The van der Waals surface area contributed by atoms with Crippen LogP contribution in [0, 0.1) is 0 Å². The Morgan fingerprint density at radius 2 is 2.33 bits per heavy atom. The number of nitrogens with zero attached hydrogens (tertiary/aromatic N) is 1. The van der Waals surface area contributed by atoms with Gasteiger partial charge in [0, 0.05) is 13.1 Å². The Balaban J connectivity index is 1.58. The number of β-amino-alcohol motifs (C(OH)–C–C–N with tert-alkyl or cyclic N) is 1. The van der Waals surface area contributed by atoms with Crippen molar-refractivity contribution in [1.82, 2.24) is 15.5 Å². The molecule has 2 fully saturated rings. The van der Waals surface area contributed by atoms with Gasteiger partial charge >= 0.3 is 0 Å². The monoisotopic (exact) mass is 293 g/mol. The van der Waals surface area contributed by atoms with Gasteiger partial charge in [-0.15, -0.1) is 0 Å². The van der Waals surface area contributed by atoms with E-state index in [4.69, 9.17) is 4.42 Å². The van der Waals surface area contributed by atoms with Gasteiger partial charge in [-0.3, -0.25) is 9.69 Å². The summed E-state index contributed by atoms with van der Waals surface area (Å²) in [7, 11) is 0. The second kappa shape index (κ2) is 6.60. The number of rotatable bonds is 5. The molecular formula is C15H23N3O3. The standard InChI is InChI=1S/C15H23N3O3/c19-11-8-12(16-9-11)15(20)17-10-13(14-4-3-7-21-14)18-5-1-2-6-18/h3-4,7,11-13,16,19H,1-2,5-6,8-10H2,(H,17,20). The summed E-state index contributed by atoms with van der Waals surface area (Å²) in [4.78, 5) is 14.5. The molecule has 116 valence electrons. The number of carbonyl (C=O) groups is 1. The van der Waals surface area contributed by atoms with E-state index in [1.165, 1.54) is 12.8 Å². The minimum absolute atomic E-state index is 0.0395. The Labute approximate surface area is 124 Å². The van der Waals surface area contributed by atoms with Crippen molar-refractivity contribution in [3.8, 4) is 0 Å². The summed E-state index contributed by atoms with van der Waals surface area (Å²) in [5, 5.41) is 15.5. The molecule has 0 aliphatic carbocycles. The molecule has 0 saturated carbocycles.